The number of para-hydroxylation sites is 1. The van der Waals surface area contributed by atoms with Gasteiger partial charge in [-0.15, -0.1) is 0 Å². The normalized spacial score (nSPS) is 11.9. The summed E-state index contributed by atoms with van der Waals surface area (Å²) in [4.78, 5) is 26.4. The third-order valence-corrected chi connectivity index (χ3v) is 3.46. The number of hydrogen-bond donors (Lipinski definition) is 2. The topological polar surface area (TPSA) is 71.2 Å². The van der Waals surface area contributed by atoms with Crippen molar-refractivity contribution >= 4 is 22.8 Å². The first-order chi connectivity index (χ1) is 10.7. The first kappa shape index (κ1) is 15.8. The first-order valence-electron chi connectivity index (χ1n) is 7.31. The summed E-state index contributed by atoms with van der Waals surface area (Å²) in [6.07, 6.45) is 3.38. The minimum atomic E-state index is -0.770. The van der Waals surface area contributed by atoms with Gasteiger partial charge >= 0.3 is 5.97 Å². The first-order valence-corrected chi connectivity index (χ1v) is 7.31. The maximum Gasteiger partial charge on any atom is 0.330 e. The average Bonchev–Trinajstić information content (AvgIpc) is 2.95. The molecule has 0 aliphatic heterocycles. The molecule has 0 radical (unpaired) electrons. The summed E-state index contributed by atoms with van der Waals surface area (Å²) >= 11 is 0. The minimum Gasteiger partial charge on any atom is -0.449 e. The van der Waals surface area contributed by atoms with Gasteiger partial charge < -0.3 is 15.0 Å². The van der Waals surface area contributed by atoms with Crippen LogP contribution in [0.5, 0.6) is 0 Å². The lowest BCUT2D eigenvalue weighted by Crippen LogP contribution is -2.38. The molecule has 0 aliphatic rings. The molecule has 2 N–H and O–H groups in total. The maximum atomic E-state index is 12.0. The fraction of sp³-hybridized carbons (Fsp3) is 0.294. The monoisotopic (exact) mass is 300 g/mol. The van der Waals surface area contributed by atoms with E-state index in [1.165, 1.54) is 0 Å². The molecular weight excluding hydrogens is 280 g/mol. The van der Waals surface area contributed by atoms with Crippen LogP contribution in [-0.2, 0) is 20.7 Å². The Kier molecular flexibility index (Phi) is 5.36. The van der Waals surface area contributed by atoms with Gasteiger partial charge in [-0.25, -0.2) is 4.79 Å². The molecule has 0 bridgehead atoms. The molecule has 1 heterocycles. The summed E-state index contributed by atoms with van der Waals surface area (Å²) < 4.78 is 4.99. The molecule has 2 aromatic rings. The number of ether oxygens (including phenoxy) is 1. The molecule has 0 aliphatic carbocycles. The number of fused-ring (bicyclic) bond motifs is 1. The molecule has 116 valence electrons. The number of rotatable bonds is 7. The molecule has 22 heavy (non-hydrogen) atoms. The fourth-order valence-electron chi connectivity index (χ4n) is 2.28. The number of amides is 1. The molecule has 0 spiro atoms. The van der Waals surface area contributed by atoms with Crippen molar-refractivity contribution in [3.8, 4) is 0 Å². The zero-order valence-corrected chi connectivity index (χ0v) is 12.6. The third-order valence-electron chi connectivity index (χ3n) is 3.46. The van der Waals surface area contributed by atoms with E-state index >= 15 is 0 Å². The lowest BCUT2D eigenvalue weighted by atomic mass is 10.1. The zero-order chi connectivity index (χ0) is 15.9. The zero-order valence-electron chi connectivity index (χ0n) is 12.6. The Hall–Kier alpha value is -2.56. The van der Waals surface area contributed by atoms with E-state index in [0.29, 0.717) is 19.4 Å². The Labute approximate surface area is 129 Å². The number of nitrogens with one attached hydrogen (secondary N) is 2. The number of hydrogen-bond acceptors (Lipinski definition) is 3. The largest absolute Gasteiger partial charge is 0.449 e. The Morgan fingerprint density at radius 2 is 2.18 bits per heavy atom. The Bertz CT molecular complexity index is 675. The molecule has 1 aromatic carbocycles. The van der Waals surface area contributed by atoms with Crippen LogP contribution < -0.4 is 5.32 Å². The molecule has 5 heteroatoms. The van der Waals surface area contributed by atoms with E-state index in [0.717, 1.165) is 22.5 Å². The standard InChI is InChI=1S/C17H20N2O3/c1-3-15(22-16(20)4-2)17(21)18-10-9-12-11-19-14-8-6-5-7-13(12)14/h4-8,11,15,19H,2-3,9-10H2,1H3,(H,18,21). The van der Waals surface area contributed by atoms with Crippen molar-refractivity contribution in [2.75, 3.05) is 6.54 Å². The molecule has 1 amide bonds. The quantitative estimate of drug-likeness (QED) is 0.609. The second-order valence-electron chi connectivity index (χ2n) is 4.94. The van der Waals surface area contributed by atoms with Crippen LogP contribution in [0.1, 0.15) is 18.9 Å². The molecule has 0 saturated carbocycles. The molecule has 0 fully saturated rings. The van der Waals surface area contributed by atoms with Crippen LogP contribution >= 0.6 is 0 Å². The van der Waals surface area contributed by atoms with Crippen molar-refractivity contribution in [2.45, 2.75) is 25.9 Å². The van der Waals surface area contributed by atoms with Gasteiger partial charge in [0, 0.05) is 29.7 Å². The Morgan fingerprint density at radius 1 is 1.41 bits per heavy atom. The minimum absolute atomic E-state index is 0.280. The summed E-state index contributed by atoms with van der Waals surface area (Å²) in [5.74, 6) is -0.865. The number of aromatic nitrogens is 1. The van der Waals surface area contributed by atoms with Crippen molar-refractivity contribution < 1.29 is 14.3 Å². The summed E-state index contributed by atoms with van der Waals surface area (Å²) in [5.41, 5.74) is 2.22. The lowest BCUT2D eigenvalue weighted by Gasteiger charge is -2.14. The highest BCUT2D eigenvalue weighted by atomic mass is 16.5. The van der Waals surface area contributed by atoms with Crippen LogP contribution in [0.2, 0.25) is 0 Å². The fourth-order valence-corrected chi connectivity index (χ4v) is 2.28. The number of aromatic amines is 1. The van der Waals surface area contributed by atoms with E-state index in [4.69, 9.17) is 4.74 Å². The predicted molar refractivity (Wildman–Crippen MR) is 85.4 cm³/mol. The highest BCUT2D eigenvalue weighted by Crippen LogP contribution is 2.17. The van der Waals surface area contributed by atoms with Gasteiger partial charge in [-0.05, 0) is 24.5 Å². The van der Waals surface area contributed by atoms with Crippen LogP contribution in [0, 0.1) is 0 Å². The molecule has 5 nitrogen and oxygen atoms in total. The second-order valence-corrected chi connectivity index (χ2v) is 4.94. The van der Waals surface area contributed by atoms with E-state index in [1.54, 1.807) is 6.92 Å². The van der Waals surface area contributed by atoms with Crippen LogP contribution in [-0.4, -0.2) is 29.5 Å². The smallest absolute Gasteiger partial charge is 0.330 e. The summed E-state index contributed by atoms with van der Waals surface area (Å²) in [6, 6.07) is 8.02. The number of benzene rings is 1. The van der Waals surface area contributed by atoms with Crippen LogP contribution in [0.25, 0.3) is 10.9 Å². The van der Waals surface area contributed by atoms with Gasteiger partial charge in [0.05, 0.1) is 0 Å². The van der Waals surface area contributed by atoms with Gasteiger partial charge in [-0.3, -0.25) is 4.79 Å². The lowest BCUT2D eigenvalue weighted by molar-refractivity contribution is -0.151. The third kappa shape index (κ3) is 3.75. The van der Waals surface area contributed by atoms with Gasteiger partial charge in [0.1, 0.15) is 0 Å². The highest BCUT2D eigenvalue weighted by molar-refractivity contribution is 5.87. The van der Waals surface area contributed by atoms with Crippen molar-refractivity contribution in [1.82, 2.24) is 10.3 Å². The second kappa shape index (κ2) is 7.45. The van der Waals surface area contributed by atoms with Gasteiger partial charge in [-0.1, -0.05) is 31.7 Å². The van der Waals surface area contributed by atoms with E-state index in [9.17, 15) is 9.59 Å². The van der Waals surface area contributed by atoms with Crippen molar-refractivity contribution in [2.24, 2.45) is 0 Å². The van der Waals surface area contributed by atoms with E-state index in [-0.39, 0.29) is 5.91 Å². The van der Waals surface area contributed by atoms with E-state index in [2.05, 4.69) is 16.9 Å². The molecule has 1 unspecified atom stereocenters. The Balaban J connectivity index is 1.88. The van der Waals surface area contributed by atoms with Crippen molar-refractivity contribution in [3.05, 3.63) is 48.7 Å². The highest BCUT2D eigenvalue weighted by Gasteiger charge is 2.19. The summed E-state index contributed by atoms with van der Waals surface area (Å²) in [6.45, 7) is 5.60. The number of esters is 1. The van der Waals surface area contributed by atoms with Gasteiger partial charge in [0.15, 0.2) is 6.10 Å². The summed E-state index contributed by atoms with van der Waals surface area (Å²) in [7, 11) is 0. The molecule has 2 rings (SSSR count). The van der Waals surface area contributed by atoms with E-state index in [1.807, 2.05) is 30.5 Å². The molecule has 0 saturated heterocycles. The summed E-state index contributed by atoms with van der Waals surface area (Å²) in [5, 5.41) is 3.96. The number of H-pyrrole nitrogens is 1. The molecular formula is C17H20N2O3. The van der Waals surface area contributed by atoms with E-state index < -0.39 is 12.1 Å². The maximum absolute atomic E-state index is 12.0. The predicted octanol–water partition coefficient (Wildman–Crippen LogP) is 2.33. The van der Waals surface area contributed by atoms with Crippen molar-refractivity contribution in [3.63, 3.8) is 0 Å². The van der Waals surface area contributed by atoms with Crippen LogP contribution in [0.15, 0.2) is 43.1 Å². The average molecular weight is 300 g/mol. The van der Waals surface area contributed by atoms with Gasteiger partial charge in [0.25, 0.3) is 5.91 Å². The van der Waals surface area contributed by atoms with Crippen LogP contribution in [0.3, 0.4) is 0 Å². The Morgan fingerprint density at radius 3 is 2.91 bits per heavy atom. The SMILES string of the molecule is C=CC(=O)OC(CC)C(=O)NCCc1c[nH]c2ccccc12. The molecule has 1 aromatic heterocycles. The molecule has 1 atom stereocenters. The van der Waals surface area contributed by atoms with Crippen LogP contribution in [0.4, 0.5) is 0 Å². The van der Waals surface area contributed by atoms with Gasteiger partial charge in [-0.2, -0.15) is 0 Å². The number of carbonyl (C=O) groups excluding carboxylic acids is 2. The van der Waals surface area contributed by atoms with Crippen molar-refractivity contribution in [1.29, 1.82) is 0 Å². The van der Waals surface area contributed by atoms with Gasteiger partial charge in [0.2, 0.25) is 0 Å². The number of carbonyl (C=O) groups is 2.